The lowest BCUT2D eigenvalue weighted by atomic mass is 9.81. The summed E-state index contributed by atoms with van der Waals surface area (Å²) in [4.78, 5) is 33.3. The van der Waals surface area contributed by atoms with Crippen LogP contribution in [0.15, 0.2) is 24.5 Å². The molecule has 0 aromatic carbocycles. The number of hydrogen-bond acceptors (Lipinski definition) is 6. The van der Waals surface area contributed by atoms with Crippen LogP contribution in [0.4, 0.5) is 5.69 Å². The molecule has 8 nitrogen and oxygen atoms in total. The molecule has 1 aromatic heterocycles. The number of pyridine rings is 1. The summed E-state index contributed by atoms with van der Waals surface area (Å²) in [6, 6.07) is 3.38. The molecule has 2 atom stereocenters. The van der Waals surface area contributed by atoms with Gasteiger partial charge >= 0.3 is 0 Å². The molecule has 0 radical (unpaired) electrons. The molecule has 1 aliphatic carbocycles. The molecule has 1 spiro atoms. The number of aromatic nitrogens is 1. The summed E-state index contributed by atoms with van der Waals surface area (Å²) in [5.74, 6) is -1.01. The number of nitrogens with one attached hydrogen (secondary N) is 2. The van der Waals surface area contributed by atoms with Crippen LogP contribution in [0.25, 0.3) is 0 Å². The minimum absolute atomic E-state index is 0.0384. The van der Waals surface area contributed by atoms with E-state index in [-0.39, 0.29) is 11.3 Å². The number of hydrogen-bond donors (Lipinski definition) is 3. The highest BCUT2D eigenvalue weighted by molar-refractivity contribution is 5.90. The first-order chi connectivity index (χ1) is 12.6. The van der Waals surface area contributed by atoms with E-state index in [2.05, 4.69) is 15.2 Å². The molecule has 8 heteroatoms. The topological polar surface area (TPSA) is 97.8 Å². The van der Waals surface area contributed by atoms with Gasteiger partial charge in [-0.25, -0.2) is 5.48 Å². The lowest BCUT2D eigenvalue weighted by Gasteiger charge is -2.41. The van der Waals surface area contributed by atoms with E-state index in [9.17, 15) is 9.59 Å². The maximum absolute atomic E-state index is 13.0. The third-order valence-corrected chi connectivity index (χ3v) is 6.04. The van der Waals surface area contributed by atoms with Gasteiger partial charge in [-0.1, -0.05) is 0 Å². The molecule has 2 aliphatic heterocycles. The van der Waals surface area contributed by atoms with Crippen LogP contribution in [0.3, 0.4) is 0 Å². The molecule has 4 rings (SSSR count). The Morgan fingerprint density at radius 3 is 2.50 bits per heavy atom. The van der Waals surface area contributed by atoms with Crippen LogP contribution >= 0.6 is 0 Å². The average Bonchev–Trinajstić information content (AvgIpc) is 3.46. The van der Waals surface area contributed by atoms with Crippen LogP contribution in [0.1, 0.15) is 19.3 Å². The number of piperidine rings is 1. The van der Waals surface area contributed by atoms with Crippen molar-refractivity contribution in [2.75, 3.05) is 37.6 Å². The Balaban J connectivity index is 1.40. The summed E-state index contributed by atoms with van der Waals surface area (Å²) in [7, 11) is 0. The van der Waals surface area contributed by atoms with Gasteiger partial charge in [-0.15, -0.1) is 0 Å². The van der Waals surface area contributed by atoms with Crippen molar-refractivity contribution < 1.29 is 14.8 Å². The summed E-state index contributed by atoms with van der Waals surface area (Å²) in [5, 5.41) is 12.4. The van der Waals surface area contributed by atoms with Gasteiger partial charge in [-0.3, -0.25) is 19.8 Å². The van der Waals surface area contributed by atoms with E-state index in [0.717, 1.165) is 38.2 Å². The first-order valence-electron chi connectivity index (χ1n) is 9.23. The first-order valence-corrected chi connectivity index (χ1v) is 9.23. The van der Waals surface area contributed by atoms with E-state index >= 15 is 0 Å². The minimum Gasteiger partial charge on any atom is -0.368 e. The van der Waals surface area contributed by atoms with Crippen LogP contribution in [-0.2, 0) is 9.59 Å². The highest BCUT2D eigenvalue weighted by Gasteiger charge is 2.52. The quantitative estimate of drug-likeness (QED) is 0.519. The van der Waals surface area contributed by atoms with Crippen molar-refractivity contribution in [2.24, 2.45) is 11.3 Å². The fourth-order valence-electron chi connectivity index (χ4n) is 4.21. The predicted octanol–water partition coefficient (Wildman–Crippen LogP) is -0.00610. The van der Waals surface area contributed by atoms with Gasteiger partial charge in [0.1, 0.15) is 0 Å². The number of piperazine rings is 1. The van der Waals surface area contributed by atoms with Gasteiger partial charge in [-0.05, 0) is 36.8 Å². The van der Waals surface area contributed by atoms with Crippen molar-refractivity contribution in [3.05, 3.63) is 24.5 Å². The van der Waals surface area contributed by atoms with E-state index in [1.807, 2.05) is 17.0 Å². The first kappa shape index (κ1) is 17.2. The summed E-state index contributed by atoms with van der Waals surface area (Å²) < 4.78 is 0. The van der Waals surface area contributed by atoms with Gasteiger partial charge < -0.3 is 15.1 Å². The Kier molecular flexibility index (Phi) is 4.54. The van der Waals surface area contributed by atoms with E-state index in [1.165, 1.54) is 0 Å². The lowest BCUT2D eigenvalue weighted by molar-refractivity contribution is -0.145. The normalized spacial score (nSPS) is 27.3. The highest BCUT2D eigenvalue weighted by Crippen LogP contribution is 2.52. The summed E-state index contributed by atoms with van der Waals surface area (Å²) in [6.07, 6.45) is 6.37. The summed E-state index contributed by atoms with van der Waals surface area (Å²) in [5.41, 5.74) is 3.01. The SMILES string of the molecule is O=C(NO)C1CC2(CC2)CNC1C(=O)N1CCN(c2ccncc2)CC1. The van der Waals surface area contributed by atoms with Crippen molar-refractivity contribution in [3.63, 3.8) is 0 Å². The Hall–Kier alpha value is -2.19. The molecule has 3 aliphatic rings. The van der Waals surface area contributed by atoms with Crippen LogP contribution in [0, 0.1) is 11.3 Å². The zero-order chi connectivity index (χ0) is 18.1. The van der Waals surface area contributed by atoms with Crippen molar-refractivity contribution in [1.29, 1.82) is 0 Å². The number of carbonyl (C=O) groups is 2. The van der Waals surface area contributed by atoms with Crippen molar-refractivity contribution in [2.45, 2.75) is 25.3 Å². The molecule has 3 fully saturated rings. The number of hydroxylamine groups is 1. The maximum atomic E-state index is 13.0. The van der Waals surface area contributed by atoms with E-state index in [0.29, 0.717) is 19.5 Å². The second kappa shape index (κ2) is 6.85. The zero-order valence-electron chi connectivity index (χ0n) is 14.7. The van der Waals surface area contributed by atoms with E-state index < -0.39 is 17.9 Å². The molecule has 0 bridgehead atoms. The third kappa shape index (κ3) is 3.26. The molecular formula is C18H25N5O3. The van der Waals surface area contributed by atoms with Crippen LogP contribution in [0.5, 0.6) is 0 Å². The molecule has 1 aromatic rings. The molecule has 26 heavy (non-hydrogen) atoms. The minimum atomic E-state index is -0.555. The van der Waals surface area contributed by atoms with Crippen molar-refractivity contribution >= 4 is 17.5 Å². The van der Waals surface area contributed by atoms with Crippen molar-refractivity contribution in [1.82, 2.24) is 20.7 Å². The summed E-state index contributed by atoms with van der Waals surface area (Å²) >= 11 is 0. The number of amides is 2. The Labute approximate surface area is 152 Å². The van der Waals surface area contributed by atoms with Gasteiger partial charge in [0.15, 0.2) is 0 Å². The Bertz CT molecular complexity index is 671. The van der Waals surface area contributed by atoms with Gasteiger partial charge in [-0.2, -0.15) is 0 Å². The monoisotopic (exact) mass is 359 g/mol. The largest absolute Gasteiger partial charge is 0.368 e. The molecule has 3 N–H and O–H groups in total. The number of carbonyl (C=O) groups excluding carboxylic acids is 2. The van der Waals surface area contributed by atoms with Crippen LogP contribution < -0.4 is 15.7 Å². The molecule has 3 heterocycles. The van der Waals surface area contributed by atoms with Crippen LogP contribution in [0.2, 0.25) is 0 Å². The summed E-state index contributed by atoms with van der Waals surface area (Å²) in [6.45, 7) is 3.53. The standard InChI is InChI=1S/C18H25N5O3/c24-16(21-26)14-11-18(3-4-18)12-20-15(14)17(25)23-9-7-22(8-10-23)13-1-5-19-6-2-13/h1-2,5-6,14-15,20,26H,3-4,7-12H2,(H,21,24). The number of anilines is 1. The second-order valence-corrected chi connectivity index (χ2v) is 7.66. The van der Waals surface area contributed by atoms with Gasteiger partial charge in [0.2, 0.25) is 11.8 Å². The number of nitrogens with zero attached hydrogens (tertiary/aromatic N) is 3. The third-order valence-electron chi connectivity index (χ3n) is 6.04. The molecule has 1 saturated carbocycles. The highest BCUT2D eigenvalue weighted by atomic mass is 16.5. The molecular weight excluding hydrogens is 334 g/mol. The number of rotatable bonds is 3. The second-order valence-electron chi connectivity index (χ2n) is 7.66. The zero-order valence-corrected chi connectivity index (χ0v) is 14.7. The fourth-order valence-corrected chi connectivity index (χ4v) is 4.21. The molecule has 2 amide bonds. The van der Waals surface area contributed by atoms with E-state index in [4.69, 9.17) is 5.21 Å². The Morgan fingerprint density at radius 2 is 1.88 bits per heavy atom. The van der Waals surface area contributed by atoms with Gasteiger partial charge in [0, 0.05) is 50.8 Å². The lowest BCUT2D eigenvalue weighted by Crippen LogP contribution is -2.61. The van der Waals surface area contributed by atoms with E-state index in [1.54, 1.807) is 17.9 Å². The van der Waals surface area contributed by atoms with Gasteiger partial charge in [0.25, 0.3) is 0 Å². The average molecular weight is 359 g/mol. The molecule has 2 saturated heterocycles. The molecule has 140 valence electrons. The van der Waals surface area contributed by atoms with Gasteiger partial charge in [0.05, 0.1) is 12.0 Å². The predicted molar refractivity (Wildman–Crippen MR) is 94.5 cm³/mol. The smallest absolute Gasteiger partial charge is 0.248 e. The fraction of sp³-hybridized carbons (Fsp3) is 0.611. The molecule has 2 unspecified atom stereocenters. The van der Waals surface area contributed by atoms with Crippen LogP contribution in [-0.4, -0.2) is 65.7 Å². The maximum Gasteiger partial charge on any atom is 0.248 e. The van der Waals surface area contributed by atoms with Crippen molar-refractivity contribution in [3.8, 4) is 0 Å². The Morgan fingerprint density at radius 1 is 1.19 bits per heavy atom.